The van der Waals surface area contributed by atoms with Crippen molar-refractivity contribution in [3.05, 3.63) is 120 Å². The molecule has 166 valence electrons. The van der Waals surface area contributed by atoms with Gasteiger partial charge < -0.3 is 8.98 Å². The van der Waals surface area contributed by atoms with Gasteiger partial charge in [0.2, 0.25) is 5.89 Å². The van der Waals surface area contributed by atoms with Crippen molar-refractivity contribution in [1.82, 2.24) is 9.55 Å². The van der Waals surface area contributed by atoms with E-state index in [0.29, 0.717) is 22.0 Å². The fourth-order valence-electron chi connectivity index (χ4n) is 4.85. The van der Waals surface area contributed by atoms with E-state index < -0.39 is 0 Å². The number of hydrogen-bond donors (Lipinski definition) is 0. The van der Waals surface area contributed by atoms with E-state index >= 15 is 0 Å². The average molecular weight is 471 g/mol. The van der Waals surface area contributed by atoms with Gasteiger partial charge >= 0.3 is 0 Å². The number of rotatable bonds is 3. The van der Waals surface area contributed by atoms with Crippen LogP contribution in [0.3, 0.4) is 0 Å². The van der Waals surface area contributed by atoms with Crippen LogP contribution < -0.4 is 0 Å². The van der Waals surface area contributed by atoms with Crippen LogP contribution in [0.4, 0.5) is 0 Å². The SMILES string of the molecule is Clc1cccc2oc(-c3ccc(-c4ccc(-n5c6ccccc6c6ccccc65)cc4)cc3)nc12. The Morgan fingerprint density at radius 1 is 0.571 bits per heavy atom. The summed E-state index contributed by atoms with van der Waals surface area (Å²) in [5.74, 6) is 0.571. The molecule has 0 spiro atoms. The van der Waals surface area contributed by atoms with Crippen LogP contribution >= 0.6 is 11.6 Å². The van der Waals surface area contributed by atoms with E-state index in [9.17, 15) is 0 Å². The highest BCUT2D eigenvalue weighted by molar-refractivity contribution is 6.34. The molecule has 0 bridgehead atoms. The Labute approximate surface area is 206 Å². The van der Waals surface area contributed by atoms with Crippen molar-refractivity contribution in [2.45, 2.75) is 0 Å². The molecule has 0 aliphatic rings. The van der Waals surface area contributed by atoms with Gasteiger partial charge in [0.1, 0.15) is 5.52 Å². The Morgan fingerprint density at radius 2 is 1.14 bits per heavy atom. The number of benzene rings is 5. The van der Waals surface area contributed by atoms with Crippen LogP contribution in [-0.2, 0) is 0 Å². The zero-order valence-corrected chi connectivity index (χ0v) is 19.4. The highest BCUT2D eigenvalue weighted by atomic mass is 35.5. The summed E-state index contributed by atoms with van der Waals surface area (Å²) < 4.78 is 8.24. The van der Waals surface area contributed by atoms with Crippen molar-refractivity contribution >= 4 is 44.5 Å². The molecule has 0 N–H and O–H groups in total. The molecule has 5 aromatic carbocycles. The summed E-state index contributed by atoms with van der Waals surface area (Å²) in [5, 5.41) is 3.13. The Morgan fingerprint density at radius 3 is 1.77 bits per heavy atom. The van der Waals surface area contributed by atoms with Crippen LogP contribution in [0.2, 0.25) is 5.02 Å². The maximum absolute atomic E-state index is 6.25. The lowest BCUT2D eigenvalue weighted by molar-refractivity contribution is 0.620. The maximum Gasteiger partial charge on any atom is 0.227 e. The first-order chi connectivity index (χ1) is 17.3. The van der Waals surface area contributed by atoms with Gasteiger partial charge in [-0.15, -0.1) is 0 Å². The second kappa shape index (κ2) is 7.86. The molecule has 7 rings (SSSR count). The van der Waals surface area contributed by atoms with E-state index in [1.165, 1.54) is 21.8 Å². The van der Waals surface area contributed by atoms with E-state index in [-0.39, 0.29) is 0 Å². The van der Waals surface area contributed by atoms with Crippen molar-refractivity contribution in [3.63, 3.8) is 0 Å². The molecule has 0 atom stereocenters. The molecule has 0 unspecified atom stereocenters. The number of halogens is 1. The predicted octanol–water partition coefficient (Wildman–Crippen LogP) is 8.91. The molecule has 0 fully saturated rings. The summed E-state index contributed by atoms with van der Waals surface area (Å²) in [5.41, 5.74) is 8.16. The predicted molar refractivity (Wildman–Crippen MR) is 144 cm³/mol. The average Bonchev–Trinajstić information content (AvgIpc) is 3.50. The van der Waals surface area contributed by atoms with Crippen molar-refractivity contribution < 1.29 is 4.42 Å². The van der Waals surface area contributed by atoms with Crippen LogP contribution in [-0.4, -0.2) is 9.55 Å². The monoisotopic (exact) mass is 470 g/mol. The first kappa shape index (κ1) is 20.1. The quantitative estimate of drug-likeness (QED) is 0.258. The summed E-state index contributed by atoms with van der Waals surface area (Å²) >= 11 is 6.25. The number of para-hydroxylation sites is 3. The number of fused-ring (bicyclic) bond motifs is 4. The normalized spacial score (nSPS) is 11.6. The Hall–Kier alpha value is -4.34. The minimum Gasteiger partial charge on any atom is -0.436 e. The lowest BCUT2D eigenvalue weighted by atomic mass is 10.0. The molecule has 0 saturated heterocycles. The molecule has 0 aliphatic heterocycles. The zero-order chi connectivity index (χ0) is 23.4. The fourth-order valence-corrected chi connectivity index (χ4v) is 5.06. The van der Waals surface area contributed by atoms with Crippen LogP contribution in [0.5, 0.6) is 0 Å². The lowest BCUT2D eigenvalue weighted by Crippen LogP contribution is -1.93. The van der Waals surface area contributed by atoms with Gasteiger partial charge in [-0.2, -0.15) is 0 Å². The number of nitrogens with zero attached hydrogens (tertiary/aromatic N) is 2. The Balaban J connectivity index is 1.25. The number of oxazole rings is 1. The molecule has 3 nitrogen and oxygen atoms in total. The second-order valence-electron chi connectivity index (χ2n) is 8.60. The molecule has 2 heterocycles. The molecule has 0 radical (unpaired) electrons. The van der Waals surface area contributed by atoms with Gasteiger partial charge in [0, 0.05) is 22.0 Å². The zero-order valence-electron chi connectivity index (χ0n) is 18.7. The molecule has 2 aromatic heterocycles. The summed E-state index contributed by atoms with van der Waals surface area (Å²) in [6.07, 6.45) is 0. The van der Waals surface area contributed by atoms with Crippen molar-refractivity contribution in [3.8, 4) is 28.3 Å². The van der Waals surface area contributed by atoms with Crippen LogP contribution in [0.1, 0.15) is 0 Å². The summed E-state index contributed by atoms with van der Waals surface area (Å²) in [7, 11) is 0. The fraction of sp³-hybridized carbons (Fsp3) is 0. The minimum atomic E-state index is 0.571. The topological polar surface area (TPSA) is 31.0 Å². The number of aromatic nitrogens is 2. The third kappa shape index (κ3) is 3.24. The highest BCUT2D eigenvalue weighted by Crippen LogP contribution is 2.33. The molecular weight excluding hydrogens is 452 g/mol. The molecule has 0 aliphatic carbocycles. The van der Waals surface area contributed by atoms with E-state index in [4.69, 9.17) is 16.0 Å². The second-order valence-corrected chi connectivity index (χ2v) is 9.01. The van der Waals surface area contributed by atoms with Gasteiger partial charge in [-0.25, -0.2) is 4.98 Å². The third-order valence-corrected chi connectivity index (χ3v) is 6.85. The Kier molecular flexibility index (Phi) is 4.51. The van der Waals surface area contributed by atoms with Crippen molar-refractivity contribution in [2.24, 2.45) is 0 Å². The Bertz CT molecular complexity index is 1790. The van der Waals surface area contributed by atoms with E-state index in [1.54, 1.807) is 0 Å². The molecular formula is C31H19ClN2O. The van der Waals surface area contributed by atoms with Crippen molar-refractivity contribution in [2.75, 3.05) is 0 Å². The summed E-state index contributed by atoms with van der Waals surface area (Å²) in [6.45, 7) is 0. The molecule has 7 aromatic rings. The van der Waals surface area contributed by atoms with Crippen LogP contribution in [0.15, 0.2) is 120 Å². The van der Waals surface area contributed by atoms with Crippen molar-refractivity contribution in [1.29, 1.82) is 0 Å². The first-order valence-electron chi connectivity index (χ1n) is 11.5. The number of hydrogen-bond acceptors (Lipinski definition) is 2. The van der Waals surface area contributed by atoms with Gasteiger partial charge in [-0.05, 0) is 59.7 Å². The largest absolute Gasteiger partial charge is 0.436 e. The molecule has 0 saturated carbocycles. The third-order valence-electron chi connectivity index (χ3n) is 6.54. The van der Waals surface area contributed by atoms with Crippen LogP contribution in [0, 0.1) is 0 Å². The standard InChI is InChI=1S/C31H19ClN2O/c32-26-8-5-11-29-30(26)33-31(35-29)22-14-12-20(13-15-22)21-16-18-23(19-17-21)34-27-9-3-1-6-24(27)25-7-2-4-10-28(25)34/h1-19H. The lowest BCUT2D eigenvalue weighted by Gasteiger charge is -2.09. The highest BCUT2D eigenvalue weighted by Gasteiger charge is 2.13. The first-order valence-corrected chi connectivity index (χ1v) is 11.9. The smallest absolute Gasteiger partial charge is 0.227 e. The van der Waals surface area contributed by atoms with E-state index in [0.717, 1.165) is 22.4 Å². The molecule has 4 heteroatoms. The van der Waals surface area contributed by atoms with Gasteiger partial charge in [-0.3, -0.25) is 0 Å². The van der Waals surface area contributed by atoms with Gasteiger partial charge in [0.05, 0.1) is 16.1 Å². The van der Waals surface area contributed by atoms with Gasteiger partial charge in [0.15, 0.2) is 5.58 Å². The molecule has 0 amide bonds. The van der Waals surface area contributed by atoms with Gasteiger partial charge in [0.25, 0.3) is 0 Å². The summed E-state index contributed by atoms with van der Waals surface area (Å²) in [4.78, 5) is 4.57. The van der Waals surface area contributed by atoms with E-state index in [2.05, 4.69) is 94.5 Å². The maximum atomic E-state index is 6.25. The van der Waals surface area contributed by atoms with Gasteiger partial charge in [-0.1, -0.05) is 78.3 Å². The van der Waals surface area contributed by atoms with E-state index in [1.807, 2.05) is 30.3 Å². The van der Waals surface area contributed by atoms with Crippen LogP contribution in [0.25, 0.3) is 61.2 Å². The minimum absolute atomic E-state index is 0.571. The molecule has 35 heavy (non-hydrogen) atoms. The summed E-state index contributed by atoms with van der Waals surface area (Å²) in [6, 6.07) is 39.7.